The molecule has 2 aromatic heterocycles. The van der Waals surface area contributed by atoms with E-state index in [1.165, 1.54) is 6.07 Å². The number of nitrogens with two attached hydrogens (primary N) is 2. The molecule has 0 atom stereocenters. The Hall–Kier alpha value is -1.60. The van der Waals surface area contributed by atoms with Crippen molar-refractivity contribution in [2.75, 3.05) is 11.1 Å². The molecule has 5 nitrogen and oxygen atoms in total. The molecule has 0 aliphatic heterocycles. The number of primary amides is 1. The third kappa shape index (κ3) is 2.80. The number of pyridine rings is 1. The molecule has 0 fully saturated rings. The quantitative estimate of drug-likeness (QED) is 0.802. The van der Waals surface area contributed by atoms with E-state index in [0.717, 1.165) is 9.35 Å². The minimum Gasteiger partial charge on any atom is -0.396 e. The summed E-state index contributed by atoms with van der Waals surface area (Å²) in [4.78, 5) is 16.2. The van der Waals surface area contributed by atoms with Crippen molar-refractivity contribution >= 4 is 44.7 Å². The fraction of sp³-hybridized carbons (Fsp3) is 0.0909. The molecule has 18 heavy (non-hydrogen) atoms. The maximum atomic E-state index is 11.0. The van der Waals surface area contributed by atoms with Gasteiger partial charge >= 0.3 is 0 Å². The number of hydrogen-bond acceptors (Lipinski definition) is 5. The fourth-order valence-electron chi connectivity index (χ4n) is 1.36. The normalized spacial score (nSPS) is 10.3. The van der Waals surface area contributed by atoms with Gasteiger partial charge < -0.3 is 16.8 Å². The zero-order chi connectivity index (χ0) is 13.1. The van der Waals surface area contributed by atoms with Gasteiger partial charge in [-0.05, 0) is 39.5 Å². The number of amides is 1. The van der Waals surface area contributed by atoms with E-state index in [0.29, 0.717) is 18.1 Å². The Morgan fingerprint density at radius 3 is 2.83 bits per heavy atom. The van der Waals surface area contributed by atoms with E-state index in [1.807, 2.05) is 11.4 Å². The van der Waals surface area contributed by atoms with Gasteiger partial charge in [-0.15, -0.1) is 11.3 Å². The number of nitrogen functional groups attached to an aromatic ring is 1. The maximum Gasteiger partial charge on any atom is 0.267 e. The minimum atomic E-state index is -0.574. The fourth-order valence-corrected chi connectivity index (χ4v) is 2.80. The van der Waals surface area contributed by atoms with Crippen molar-refractivity contribution < 1.29 is 4.79 Å². The summed E-state index contributed by atoms with van der Waals surface area (Å²) in [5.41, 5.74) is 11.6. The maximum absolute atomic E-state index is 11.0. The highest BCUT2D eigenvalue weighted by Gasteiger charge is 2.08. The number of nitrogens with zero attached hydrogens (tertiary/aromatic N) is 1. The lowest BCUT2D eigenvalue weighted by molar-refractivity contribution is 0.0996. The summed E-state index contributed by atoms with van der Waals surface area (Å²) in [6.45, 7) is 0.581. The highest BCUT2D eigenvalue weighted by atomic mass is 79.9. The van der Waals surface area contributed by atoms with Gasteiger partial charge in [0.05, 0.1) is 12.2 Å². The first kappa shape index (κ1) is 12.8. The number of nitrogens with one attached hydrogen (secondary N) is 1. The Kier molecular flexibility index (Phi) is 3.83. The lowest BCUT2D eigenvalue weighted by Crippen LogP contribution is -2.15. The molecule has 0 saturated carbocycles. The van der Waals surface area contributed by atoms with E-state index in [-0.39, 0.29) is 5.69 Å². The second-order valence-corrected chi connectivity index (χ2v) is 5.40. The van der Waals surface area contributed by atoms with Crippen LogP contribution in [0.1, 0.15) is 15.4 Å². The summed E-state index contributed by atoms with van der Waals surface area (Å²) in [5.74, 6) is -0.109. The molecule has 2 heterocycles. The summed E-state index contributed by atoms with van der Waals surface area (Å²) in [6.07, 6.45) is 0. The van der Waals surface area contributed by atoms with Crippen LogP contribution < -0.4 is 16.8 Å². The summed E-state index contributed by atoms with van der Waals surface area (Å²) in [6, 6.07) is 5.08. The van der Waals surface area contributed by atoms with Crippen LogP contribution in [0, 0.1) is 0 Å². The molecule has 0 saturated heterocycles. The molecule has 2 aromatic rings. The Balaban J connectivity index is 2.16. The van der Waals surface area contributed by atoms with Crippen LogP contribution in [0.15, 0.2) is 28.1 Å². The molecule has 5 N–H and O–H groups in total. The predicted octanol–water partition coefficient (Wildman–Crippen LogP) is 2.20. The van der Waals surface area contributed by atoms with Gasteiger partial charge in [-0.2, -0.15) is 0 Å². The average molecular weight is 327 g/mol. The first-order valence-electron chi connectivity index (χ1n) is 5.10. The van der Waals surface area contributed by atoms with Gasteiger partial charge in [0.25, 0.3) is 5.91 Å². The van der Waals surface area contributed by atoms with E-state index < -0.39 is 5.91 Å². The van der Waals surface area contributed by atoms with Crippen molar-refractivity contribution in [3.8, 4) is 0 Å². The monoisotopic (exact) mass is 326 g/mol. The molecule has 0 bridgehead atoms. The molecular formula is C11H11BrN4OS. The van der Waals surface area contributed by atoms with E-state index in [2.05, 4.69) is 26.2 Å². The molecule has 94 valence electrons. The third-order valence-corrected chi connectivity index (χ3v) is 4.21. The molecule has 0 aromatic carbocycles. The molecule has 0 aliphatic carbocycles. The number of rotatable bonds is 4. The number of thiophene rings is 1. The zero-order valence-corrected chi connectivity index (χ0v) is 11.7. The van der Waals surface area contributed by atoms with E-state index in [1.54, 1.807) is 17.4 Å². The van der Waals surface area contributed by atoms with Gasteiger partial charge in [0.1, 0.15) is 11.5 Å². The van der Waals surface area contributed by atoms with E-state index >= 15 is 0 Å². The van der Waals surface area contributed by atoms with Crippen LogP contribution in [-0.2, 0) is 6.54 Å². The highest BCUT2D eigenvalue weighted by molar-refractivity contribution is 9.10. The van der Waals surface area contributed by atoms with Crippen LogP contribution in [0.3, 0.4) is 0 Å². The van der Waals surface area contributed by atoms with E-state index in [4.69, 9.17) is 11.5 Å². The summed E-state index contributed by atoms with van der Waals surface area (Å²) < 4.78 is 1.03. The van der Waals surface area contributed by atoms with Crippen LogP contribution in [0.4, 0.5) is 11.5 Å². The standard InChI is InChI=1S/C11H11BrN4OS/c12-6-3-4-18-9(6)5-15-11-7(13)1-2-8(16-11)10(14)17/h1-4H,5,13H2,(H2,14,17)(H,15,16). The van der Waals surface area contributed by atoms with Gasteiger partial charge in [0.15, 0.2) is 0 Å². The predicted molar refractivity (Wildman–Crippen MR) is 76.5 cm³/mol. The lowest BCUT2D eigenvalue weighted by Gasteiger charge is -2.08. The molecular weight excluding hydrogens is 316 g/mol. The van der Waals surface area contributed by atoms with Crippen molar-refractivity contribution in [2.24, 2.45) is 5.73 Å². The number of halogens is 1. The number of aromatic nitrogens is 1. The Labute approximate surface area is 116 Å². The van der Waals surface area contributed by atoms with Crippen LogP contribution in [0.2, 0.25) is 0 Å². The van der Waals surface area contributed by atoms with Crippen molar-refractivity contribution in [3.63, 3.8) is 0 Å². The number of hydrogen-bond donors (Lipinski definition) is 3. The highest BCUT2D eigenvalue weighted by Crippen LogP contribution is 2.24. The minimum absolute atomic E-state index is 0.192. The Morgan fingerprint density at radius 2 is 2.22 bits per heavy atom. The zero-order valence-electron chi connectivity index (χ0n) is 9.31. The van der Waals surface area contributed by atoms with Gasteiger partial charge in [0, 0.05) is 9.35 Å². The summed E-state index contributed by atoms with van der Waals surface area (Å²) in [5, 5.41) is 5.07. The van der Waals surface area contributed by atoms with Crippen molar-refractivity contribution in [3.05, 3.63) is 38.6 Å². The molecule has 0 aliphatic rings. The van der Waals surface area contributed by atoms with Crippen LogP contribution in [-0.4, -0.2) is 10.9 Å². The smallest absolute Gasteiger partial charge is 0.267 e. The van der Waals surface area contributed by atoms with Crippen molar-refractivity contribution in [1.82, 2.24) is 4.98 Å². The van der Waals surface area contributed by atoms with Gasteiger partial charge in [-0.25, -0.2) is 4.98 Å². The number of carbonyl (C=O) groups is 1. The number of carbonyl (C=O) groups excluding carboxylic acids is 1. The largest absolute Gasteiger partial charge is 0.396 e. The first-order valence-corrected chi connectivity index (χ1v) is 6.77. The van der Waals surface area contributed by atoms with Gasteiger partial charge in [-0.3, -0.25) is 4.79 Å². The van der Waals surface area contributed by atoms with Gasteiger partial charge in [-0.1, -0.05) is 0 Å². The topological polar surface area (TPSA) is 94.0 Å². The molecule has 0 radical (unpaired) electrons. The first-order chi connectivity index (χ1) is 8.58. The molecule has 1 amide bonds. The molecule has 0 spiro atoms. The van der Waals surface area contributed by atoms with Crippen LogP contribution in [0.5, 0.6) is 0 Å². The summed E-state index contributed by atoms with van der Waals surface area (Å²) >= 11 is 5.06. The molecule has 0 unspecified atom stereocenters. The Morgan fingerprint density at radius 1 is 1.44 bits per heavy atom. The summed E-state index contributed by atoms with van der Waals surface area (Å²) in [7, 11) is 0. The number of anilines is 2. The average Bonchev–Trinajstić information content (AvgIpc) is 2.73. The Bertz CT molecular complexity index is 584. The lowest BCUT2D eigenvalue weighted by atomic mass is 10.3. The molecule has 7 heteroatoms. The van der Waals surface area contributed by atoms with Crippen LogP contribution in [0.25, 0.3) is 0 Å². The second-order valence-electron chi connectivity index (χ2n) is 3.54. The molecule has 2 rings (SSSR count). The van der Waals surface area contributed by atoms with Crippen LogP contribution >= 0.6 is 27.3 Å². The van der Waals surface area contributed by atoms with E-state index in [9.17, 15) is 4.79 Å². The van der Waals surface area contributed by atoms with Gasteiger partial charge in [0.2, 0.25) is 0 Å². The van der Waals surface area contributed by atoms with Crippen molar-refractivity contribution in [2.45, 2.75) is 6.54 Å². The third-order valence-electron chi connectivity index (χ3n) is 2.29. The SMILES string of the molecule is NC(=O)c1ccc(N)c(NCc2sccc2Br)n1. The van der Waals surface area contributed by atoms with Crippen molar-refractivity contribution in [1.29, 1.82) is 0 Å². The second kappa shape index (κ2) is 5.36.